The standard InChI is InChI=1S/C19H18N4O3/c1-12-7-14(3)17(8-13(12)2)18(24)10-22-11-20-19(21-22)15-5-4-6-16(9-15)23(25)26/h4-9,11H,10H2,1-3H3. The van der Waals surface area contributed by atoms with Gasteiger partial charge >= 0.3 is 0 Å². The van der Waals surface area contributed by atoms with Gasteiger partial charge in [0, 0.05) is 23.3 Å². The van der Waals surface area contributed by atoms with Crippen LogP contribution in [-0.2, 0) is 6.54 Å². The molecule has 2 aromatic carbocycles. The van der Waals surface area contributed by atoms with E-state index in [1.807, 2.05) is 32.9 Å². The fourth-order valence-corrected chi connectivity index (χ4v) is 2.75. The molecule has 1 heterocycles. The van der Waals surface area contributed by atoms with Crippen LogP contribution >= 0.6 is 0 Å². The Labute approximate surface area is 150 Å². The first-order valence-corrected chi connectivity index (χ1v) is 8.10. The summed E-state index contributed by atoms with van der Waals surface area (Å²) in [6.07, 6.45) is 1.46. The van der Waals surface area contributed by atoms with Crippen molar-refractivity contribution in [3.05, 3.63) is 75.1 Å². The zero-order valence-corrected chi connectivity index (χ0v) is 14.8. The van der Waals surface area contributed by atoms with E-state index >= 15 is 0 Å². The Morgan fingerprint density at radius 2 is 1.85 bits per heavy atom. The van der Waals surface area contributed by atoms with Crippen molar-refractivity contribution in [2.45, 2.75) is 27.3 Å². The number of carbonyl (C=O) groups is 1. The Balaban J connectivity index is 1.83. The molecule has 0 aliphatic heterocycles. The summed E-state index contributed by atoms with van der Waals surface area (Å²) in [4.78, 5) is 27.2. The van der Waals surface area contributed by atoms with Gasteiger partial charge in [-0.25, -0.2) is 9.67 Å². The number of nitrogens with zero attached hydrogens (tertiary/aromatic N) is 4. The Hall–Kier alpha value is -3.35. The molecule has 0 atom stereocenters. The second-order valence-electron chi connectivity index (χ2n) is 6.25. The van der Waals surface area contributed by atoms with E-state index in [1.165, 1.54) is 23.1 Å². The summed E-state index contributed by atoms with van der Waals surface area (Å²) in [5, 5.41) is 15.2. The van der Waals surface area contributed by atoms with Gasteiger partial charge in [-0.2, -0.15) is 5.10 Å². The Kier molecular flexibility index (Phi) is 4.62. The minimum absolute atomic E-state index is 0.0271. The summed E-state index contributed by atoms with van der Waals surface area (Å²) in [6.45, 7) is 5.96. The number of benzene rings is 2. The minimum Gasteiger partial charge on any atom is -0.292 e. The van der Waals surface area contributed by atoms with Gasteiger partial charge in [0.1, 0.15) is 12.9 Å². The van der Waals surface area contributed by atoms with Crippen molar-refractivity contribution in [2.75, 3.05) is 0 Å². The highest BCUT2D eigenvalue weighted by molar-refractivity contribution is 5.97. The molecule has 7 nitrogen and oxygen atoms in total. The second-order valence-corrected chi connectivity index (χ2v) is 6.25. The molecule has 26 heavy (non-hydrogen) atoms. The highest BCUT2D eigenvalue weighted by Crippen LogP contribution is 2.21. The van der Waals surface area contributed by atoms with Gasteiger partial charge < -0.3 is 0 Å². The smallest absolute Gasteiger partial charge is 0.270 e. The molecular weight excluding hydrogens is 332 g/mol. The number of rotatable bonds is 5. The van der Waals surface area contributed by atoms with Crippen LogP contribution in [0.4, 0.5) is 5.69 Å². The first-order chi connectivity index (χ1) is 12.3. The summed E-state index contributed by atoms with van der Waals surface area (Å²) in [7, 11) is 0. The highest BCUT2D eigenvalue weighted by atomic mass is 16.6. The lowest BCUT2D eigenvalue weighted by Crippen LogP contribution is -2.13. The maximum absolute atomic E-state index is 12.6. The Morgan fingerprint density at radius 1 is 1.12 bits per heavy atom. The zero-order chi connectivity index (χ0) is 18.8. The van der Waals surface area contributed by atoms with Crippen molar-refractivity contribution >= 4 is 11.5 Å². The van der Waals surface area contributed by atoms with Crippen LogP contribution < -0.4 is 0 Å². The number of ketones is 1. The number of non-ortho nitro benzene ring substituents is 1. The summed E-state index contributed by atoms with van der Waals surface area (Å²) >= 11 is 0. The van der Waals surface area contributed by atoms with E-state index < -0.39 is 4.92 Å². The van der Waals surface area contributed by atoms with Crippen LogP contribution in [0.3, 0.4) is 0 Å². The molecule has 3 rings (SSSR count). The molecule has 132 valence electrons. The number of hydrogen-bond donors (Lipinski definition) is 0. The quantitative estimate of drug-likeness (QED) is 0.398. The van der Waals surface area contributed by atoms with E-state index in [1.54, 1.807) is 12.1 Å². The molecule has 0 unspecified atom stereocenters. The van der Waals surface area contributed by atoms with E-state index in [2.05, 4.69) is 10.1 Å². The molecular formula is C19H18N4O3. The molecule has 0 fully saturated rings. The van der Waals surface area contributed by atoms with Crippen LogP contribution in [-0.4, -0.2) is 25.5 Å². The summed E-state index contributed by atoms with van der Waals surface area (Å²) in [6, 6.07) is 9.99. The van der Waals surface area contributed by atoms with Crippen LogP contribution in [0.25, 0.3) is 11.4 Å². The van der Waals surface area contributed by atoms with Crippen molar-refractivity contribution in [3.63, 3.8) is 0 Å². The first kappa shape index (κ1) is 17.5. The van der Waals surface area contributed by atoms with E-state index in [4.69, 9.17) is 0 Å². The molecule has 0 saturated heterocycles. The van der Waals surface area contributed by atoms with Crippen molar-refractivity contribution in [1.82, 2.24) is 14.8 Å². The topological polar surface area (TPSA) is 90.9 Å². The van der Waals surface area contributed by atoms with Crippen molar-refractivity contribution in [2.24, 2.45) is 0 Å². The zero-order valence-electron chi connectivity index (χ0n) is 14.8. The molecule has 0 amide bonds. The molecule has 0 spiro atoms. The van der Waals surface area contributed by atoms with Crippen LogP contribution in [0.2, 0.25) is 0 Å². The summed E-state index contributed by atoms with van der Waals surface area (Å²) < 4.78 is 1.45. The maximum atomic E-state index is 12.6. The number of hydrogen-bond acceptors (Lipinski definition) is 5. The van der Waals surface area contributed by atoms with Crippen LogP contribution in [0.1, 0.15) is 27.0 Å². The largest absolute Gasteiger partial charge is 0.292 e. The predicted octanol–water partition coefficient (Wildman–Crippen LogP) is 3.66. The third-order valence-corrected chi connectivity index (χ3v) is 4.30. The molecule has 3 aromatic rings. The van der Waals surface area contributed by atoms with Crippen molar-refractivity contribution in [1.29, 1.82) is 0 Å². The fraction of sp³-hybridized carbons (Fsp3) is 0.211. The molecule has 0 saturated carbocycles. The van der Waals surface area contributed by atoms with E-state index in [9.17, 15) is 14.9 Å². The lowest BCUT2D eigenvalue weighted by atomic mass is 9.98. The Morgan fingerprint density at radius 3 is 2.58 bits per heavy atom. The van der Waals surface area contributed by atoms with Gasteiger partial charge in [-0.15, -0.1) is 0 Å². The number of aryl methyl sites for hydroxylation is 3. The first-order valence-electron chi connectivity index (χ1n) is 8.10. The van der Waals surface area contributed by atoms with E-state index in [-0.39, 0.29) is 18.0 Å². The van der Waals surface area contributed by atoms with Gasteiger partial charge in [0.2, 0.25) is 0 Å². The monoisotopic (exact) mass is 350 g/mol. The number of Topliss-reactive ketones (excluding diaryl/α,β-unsaturated/α-hetero) is 1. The van der Waals surface area contributed by atoms with Gasteiger partial charge in [0.25, 0.3) is 5.69 Å². The number of nitro benzene ring substituents is 1. The Bertz CT molecular complexity index is 1010. The minimum atomic E-state index is -0.466. The second kappa shape index (κ2) is 6.87. The molecule has 7 heteroatoms. The van der Waals surface area contributed by atoms with E-state index in [0.29, 0.717) is 17.0 Å². The fourth-order valence-electron chi connectivity index (χ4n) is 2.75. The third-order valence-electron chi connectivity index (χ3n) is 4.30. The SMILES string of the molecule is Cc1cc(C)c(C(=O)Cn2cnc(-c3cccc([N+](=O)[O-])c3)n2)cc1C. The van der Waals surface area contributed by atoms with Gasteiger partial charge in [-0.05, 0) is 43.5 Å². The highest BCUT2D eigenvalue weighted by Gasteiger charge is 2.14. The summed E-state index contributed by atoms with van der Waals surface area (Å²) in [5.41, 5.74) is 4.31. The molecule has 0 radical (unpaired) electrons. The average Bonchev–Trinajstić information content (AvgIpc) is 3.06. The lowest BCUT2D eigenvalue weighted by Gasteiger charge is -2.09. The van der Waals surface area contributed by atoms with Crippen LogP contribution in [0.5, 0.6) is 0 Å². The average molecular weight is 350 g/mol. The maximum Gasteiger partial charge on any atom is 0.270 e. The van der Waals surface area contributed by atoms with E-state index in [0.717, 1.165) is 16.7 Å². The number of carbonyl (C=O) groups excluding carboxylic acids is 1. The van der Waals surface area contributed by atoms with Crippen molar-refractivity contribution in [3.8, 4) is 11.4 Å². The van der Waals surface area contributed by atoms with Crippen molar-refractivity contribution < 1.29 is 9.72 Å². The van der Waals surface area contributed by atoms with Gasteiger partial charge in [-0.3, -0.25) is 14.9 Å². The summed E-state index contributed by atoms with van der Waals surface area (Å²) in [5.74, 6) is 0.291. The predicted molar refractivity (Wildman–Crippen MR) is 97.1 cm³/mol. The number of nitro groups is 1. The number of aromatic nitrogens is 3. The third kappa shape index (κ3) is 3.51. The van der Waals surface area contributed by atoms with Crippen LogP contribution in [0, 0.1) is 30.9 Å². The molecule has 0 bridgehead atoms. The van der Waals surface area contributed by atoms with Gasteiger partial charge in [-0.1, -0.05) is 18.2 Å². The molecule has 1 aromatic heterocycles. The lowest BCUT2D eigenvalue weighted by molar-refractivity contribution is -0.384. The normalized spacial score (nSPS) is 10.7. The van der Waals surface area contributed by atoms with Gasteiger partial charge in [0.05, 0.1) is 4.92 Å². The van der Waals surface area contributed by atoms with Gasteiger partial charge in [0.15, 0.2) is 11.6 Å². The molecule has 0 aliphatic carbocycles. The molecule has 0 aliphatic rings. The van der Waals surface area contributed by atoms with Crippen LogP contribution in [0.15, 0.2) is 42.7 Å². The molecule has 0 N–H and O–H groups in total.